The van der Waals surface area contributed by atoms with Crippen molar-refractivity contribution in [3.05, 3.63) is 149 Å². The van der Waals surface area contributed by atoms with Crippen LogP contribution in [0.15, 0.2) is 109 Å². The maximum Gasteiger partial charge on any atom is -0.109 e. The van der Waals surface area contributed by atoms with Crippen LogP contribution in [0.3, 0.4) is 0 Å². The van der Waals surface area contributed by atoms with Crippen LogP contribution in [-0.4, -0.2) is 3.21 Å². The maximum atomic E-state index is 2.99. The van der Waals surface area contributed by atoms with Gasteiger partial charge in [0.2, 0.25) is 0 Å². The largest absolute Gasteiger partial charge is 0.273 e. The molecule has 0 radical (unpaired) electrons. The molecule has 5 aromatic carbocycles. The van der Waals surface area contributed by atoms with Gasteiger partial charge in [0.25, 0.3) is 0 Å². The Morgan fingerprint density at radius 1 is 0.625 bits per heavy atom. The molecule has 0 fully saturated rings. The minimum absolute atomic E-state index is 0. The van der Waals surface area contributed by atoms with Crippen molar-refractivity contribution in [3.63, 3.8) is 0 Å². The summed E-state index contributed by atoms with van der Waals surface area (Å²) in [5.41, 5.74) is 8.72. The molecule has 0 bridgehead atoms. The Morgan fingerprint density at radius 2 is 1.02 bits per heavy atom. The van der Waals surface area contributed by atoms with E-state index in [0.29, 0.717) is 11.8 Å². The van der Waals surface area contributed by atoms with E-state index in [1.165, 1.54) is 82.4 Å². The van der Waals surface area contributed by atoms with Gasteiger partial charge in [0.05, 0.1) is 0 Å². The van der Waals surface area contributed by atoms with E-state index in [4.69, 9.17) is 0 Å². The number of hydrogen-bond acceptors (Lipinski definition) is 0. The first-order valence-electron chi connectivity index (χ1n) is 16.8. The molecule has 0 atom stereocenters. The van der Waals surface area contributed by atoms with Gasteiger partial charge < -0.3 is 0 Å². The zero-order valence-electron chi connectivity index (χ0n) is 30.6. The summed E-state index contributed by atoms with van der Waals surface area (Å²) in [6, 6.07) is 34.2. The number of allylic oxidation sites excluding steroid dienone is 4. The molecule has 6 rings (SSSR count). The van der Waals surface area contributed by atoms with Gasteiger partial charge in [-0.05, 0) is 10.8 Å². The summed E-state index contributed by atoms with van der Waals surface area (Å²) in [5, 5.41) is 5.49. The van der Waals surface area contributed by atoms with Gasteiger partial charge in [-0.2, -0.15) is 6.08 Å². The van der Waals surface area contributed by atoms with Gasteiger partial charge in [-0.1, -0.05) is 76.9 Å². The fraction of sp³-hybridized carbons (Fsp3) is 0.333. The predicted molar refractivity (Wildman–Crippen MR) is 215 cm³/mol. The minimum atomic E-state index is 0. The molecule has 0 amide bonds. The molecule has 0 spiro atoms. The van der Waals surface area contributed by atoms with Gasteiger partial charge in [-0.15, -0.1) is 71.0 Å². The second-order valence-electron chi connectivity index (χ2n) is 15.2. The smallest absolute Gasteiger partial charge is 0.109 e. The van der Waals surface area contributed by atoms with E-state index in [9.17, 15) is 0 Å². The fourth-order valence-electron chi connectivity index (χ4n) is 5.51. The van der Waals surface area contributed by atoms with E-state index >= 15 is 0 Å². The van der Waals surface area contributed by atoms with E-state index in [2.05, 4.69) is 172 Å². The molecule has 0 nitrogen and oxygen atoms in total. The first-order valence-corrected chi connectivity index (χ1v) is 18.0. The summed E-state index contributed by atoms with van der Waals surface area (Å²) in [7, 11) is 0. The average molecular weight is 757 g/mol. The average Bonchev–Trinajstić information content (AvgIpc) is 3.72. The Bertz CT molecular complexity index is 1690. The van der Waals surface area contributed by atoms with Crippen LogP contribution in [0.25, 0.3) is 21.5 Å². The van der Waals surface area contributed by atoms with E-state index in [1.54, 1.807) is 0 Å². The summed E-state index contributed by atoms with van der Waals surface area (Å²) < 4.78 is 1.43. The van der Waals surface area contributed by atoms with Gasteiger partial charge in [0, 0.05) is 0 Å². The molecule has 0 heterocycles. The van der Waals surface area contributed by atoms with E-state index in [1.807, 2.05) is 12.2 Å². The summed E-state index contributed by atoms with van der Waals surface area (Å²) in [6.45, 7) is 22.6. The summed E-state index contributed by atoms with van der Waals surface area (Å²) in [5.74, 6) is 1.20. The van der Waals surface area contributed by atoms with Gasteiger partial charge in [0.15, 0.2) is 0 Å². The van der Waals surface area contributed by atoms with Crippen molar-refractivity contribution < 1.29 is 24.2 Å². The standard InChI is InChI=1S/C21H25.C19H22.C5H5.2ClH.Zr/c1-20(2,3)16-9-7-14-11-15-8-10-17(21(4,5)6)13-19(15)18(14)12-16;1-14(2)18-9-5-16(6-10-18)13-17-7-11-19(12-8-17)15(3)4;1-2-4-5-3-1;;;/h7-13H,1-6H3;5-12,14-15H,1-4H3;1-3H,4H2;2*1H;/q-1;;-1;;;+2. The zero-order chi connectivity index (χ0) is 33.6. The van der Waals surface area contributed by atoms with Crippen molar-refractivity contribution >= 4 is 49.6 Å². The SMILES string of the molecule is CC(C)(C)c1ccc2[cH-]c3ccc(C(C)(C)C)cc3c2c1.CC(C)c1ccc([C](=[Zr+2])c2ccc(C(C)C)cc2)cc1.Cl.Cl.[C-]1=CC=CC1. The second kappa shape index (κ2) is 18.0. The second-order valence-corrected chi connectivity index (χ2v) is 16.4. The minimum Gasteiger partial charge on any atom is -0.273 e. The van der Waals surface area contributed by atoms with Crippen molar-refractivity contribution in [2.24, 2.45) is 0 Å². The van der Waals surface area contributed by atoms with Crippen LogP contribution in [0.4, 0.5) is 0 Å². The van der Waals surface area contributed by atoms with Crippen LogP contribution in [0, 0.1) is 6.08 Å². The molecule has 5 aromatic rings. The van der Waals surface area contributed by atoms with Crippen LogP contribution in [0.2, 0.25) is 0 Å². The molecule has 0 N–H and O–H groups in total. The summed E-state index contributed by atoms with van der Waals surface area (Å²) >= 11 is 1.47. The zero-order valence-corrected chi connectivity index (χ0v) is 34.7. The van der Waals surface area contributed by atoms with E-state index < -0.39 is 0 Å². The normalized spacial score (nSPS) is 12.3. The van der Waals surface area contributed by atoms with Gasteiger partial charge in [-0.3, -0.25) is 6.08 Å². The third-order valence-electron chi connectivity index (χ3n) is 8.76. The maximum absolute atomic E-state index is 2.99. The molecule has 0 saturated carbocycles. The number of benzene rings is 4. The monoisotopic (exact) mass is 754 g/mol. The van der Waals surface area contributed by atoms with Gasteiger partial charge in [0.1, 0.15) is 0 Å². The molecule has 252 valence electrons. The van der Waals surface area contributed by atoms with Crippen molar-refractivity contribution in [1.82, 2.24) is 0 Å². The quantitative estimate of drug-likeness (QED) is 0.160. The number of rotatable bonds is 4. The molecule has 3 heteroatoms. The number of halogens is 2. The topological polar surface area (TPSA) is 0 Å². The first-order chi connectivity index (χ1) is 21.6. The third-order valence-corrected chi connectivity index (χ3v) is 10.2. The van der Waals surface area contributed by atoms with Crippen molar-refractivity contribution in [1.29, 1.82) is 0 Å². The molecule has 1 aliphatic carbocycles. The first kappa shape index (κ1) is 41.7. The Labute approximate surface area is 318 Å². The van der Waals surface area contributed by atoms with Crippen LogP contribution in [-0.2, 0) is 35.1 Å². The Kier molecular flexibility index (Phi) is 15.6. The van der Waals surface area contributed by atoms with Crippen LogP contribution >= 0.6 is 24.8 Å². The van der Waals surface area contributed by atoms with Crippen molar-refractivity contribution in [2.45, 2.75) is 98.3 Å². The van der Waals surface area contributed by atoms with Crippen molar-refractivity contribution in [3.8, 4) is 0 Å². The molecule has 0 aromatic heterocycles. The molecule has 0 saturated heterocycles. The third kappa shape index (κ3) is 11.0. The molecule has 0 unspecified atom stereocenters. The molecule has 48 heavy (non-hydrogen) atoms. The number of hydrogen-bond donors (Lipinski definition) is 0. The Hall–Kier alpha value is -2.44. The van der Waals surface area contributed by atoms with Gasteiger partial charge >= 0.3 is 138 Å². The van der Waals surface area contributed by atoms with E-state index in [0.717, 1.165) is 6.42 Å². The molecular formula is C45H54Cl2Zr. The van der Waals surface area contributed by atoms with Gasteiger partial charge in [-0.25, -0.2) is 12.2 Å². The number of fused-ring (bicyclic) bond motifs is 3. The fourth-order valence-corrected chi connectivity index (χ4v) is 6.33. The van der Waals surface area contributed by atoms with Crippen LogP contribution < -0.4 is 0 Å². The Morgan fingerprint density at radius 3 is 1.29 bits per heavy atom. The van der Waals surface area contributed by atoms with Crippen LogP contribution in [0.5, 0.6) is 0 Å². The summed E-state index contributed by atoms with van der Waals surface area (Å²) in [6.07, 6.45) is 10.0. The molecule has 0 aliphatic heterocycles. The Balaban J connectivity index is 0.000000281. The predicted octanol–water partition coefficient (Wildman–Crippen LogP) is 13.5. The van der Waals surface area contributed by atoms with Crippen LogP contribution in [0.1, 0.15) is 121 Å². The molecular weight excluding hydrogens is 703 g/mol. The summed E-state index contributed by atoms with van der Waals surface area (Å²) in [4.78, 5) is 0. The molecule has 1 aliphatic rings. The van der Waals surface area contributed by atoms with Crippen molar-refractivity contribution in [2.75, 3.05) is 0 Å². The van der Waals surface area contributed by atoms with E-state index in [-0.39, 0.29) is 35.6 Å².